The molecule has 1 fully saturated rings. The van der Waals surface area contributed by atoms with Crippen molar-refractivity contribution in [1.82, 2.24) is 30.7 Å². The van der Waals surface area contributed by atoms with Gasteiger partial charge in [0.1, 0.15) is 12.1 Å². The van der Waals surface area contributed by atoms with Gasteiger partial charge in [0.15, 0.2) is 0 Å². The summed E-state index contributed by atoms with van der Waals surface area (Å²) >= 11 is 0. The van der Waals surface area contributed by atoms with E-state index >= 15 is 4.79 Å². The third-order valence-electron chi connectivity index (χ3n) is 11.8. The summed E-state index contributed by atoms with van der Waals surface area (Å²) in [6.07, 6.45) is -1.93. The van der Waals surface area contributed by atoms with E-state index in [2.05, 4.69) is 20.9 Å². The number of carbonyl (C=O) groups excluding carboxylic acids is 4. The number of hydrogen-bond acceptors (Lipinski definition) is 11. The zero-order valence-electron chi connectivity index (χ0n) is 41.1. The molecular weight excluding hydrogens is 920 g/mol. The molecule has 5 amide bonds. The molecule has 0 spiro atoms. The Bertz CT molecular complexity index is 2420. The Balaban J connectivity index is 1.60. The van der Waals surface area contributed by atoms with Crippen molar-refractivity contribution in [2.75, 3.05) is 26.8 Å². The van der Waals surface area contributed by atoms with Crippen LogP contribution < -0.4 is 16.0 Å². The number of nitrogens with one attached hydrogen (secondary N) is 3. The highest BCUT2D eigenvalue weighted by Crippen LogP contribution is 2.50. The van der Waals surface area contributed by atoms with Crippen molar-refractivity contribution in [3.8, 4) is 11.3 Å². The maximum atomic E-state index is 15.1. The van der Waals surface area contributed by atoms with Crippen molar-refractivity contribution in [3.63, 3.8) is 0 Å². The van der Waals surface area contributed by atoms with Gasteiger partial charge in [-0.2, -0.15) is 0 Å². The molecule has 1 aliphatic heterocycles. The average molecular weight is 987 g/mol. The molecule has 1 unspecified atom stereocenters. The van der Waals surface area contributed by atoms with Crippen LogP contribution >= 0.6 is 7.82 Å². The highest BCUT2D eigenvalue weighted by atomic mass is 31.2. The highest BCUT2D eigenvalue weighted by molar-refractivity contribution is 7.47. The molecule has 378 valence electrons. The van der Waals surface area contributed by atoms with Crippen molar-refractivity contribution in [2.24, 2.45) is 10.8 Å². The number of aromatic nitrogens is 1. The zero-order chi connectivity index (χ0) is 51.3. The molecule has 2 heterocycles. The van der Waals surface area contributed by atoms with Gasteiger partial charge in [-0.3, -0.25) is 19.1 Å². The Morgan fingerprint density at radius 3 is 1.94 bits per heavy atom. The van der Waals surface area contributed by atoms with Crippen LogP contribution in [-0.4, -0.2) is 112 Å². The highest BCUT2D eigenvalue weighted by Gasteiger charge is 2.53. The number of carbonyl (C=O) groups is 5. The van der Waals surface area contributed by atoms with Gasteiger partial charge in [-0.25, -0.2) is 23.5 Å². The lowest BCUT2D eigenvalue weighted by Crippen LogP contribution is -2.63. The molecule has 0 aliphatic carbocycles. The molecule has 0 radical (unpaired) electrons. The fourth-order valence-corrected chi connectivity index (χ4v) is 9.56. The van der Waals surface area contributed by atoms with E-state index in [4.69, 9.17) is 18.5 Å². The number of methoxy groups -OCH3 is 1. The SMILES string of the molecule is CCOP(=O)(O)O[C@](CC[C@@H](Cc1ccc(-c2ccccn2)cc1)NC(=O)[C@@H](NC(=O)OC)C(C)(C)C)(OC(=O)O)[C@H](Cc1ccccc1)NC(=O)[C@@H](N1CCN(Cc2ccccc2)C1=O)C(C)(C)C. The number of pyridine rings is 1. The molecule has 6 atom stereocenters. The smallest absolute Gasteiger partial charge is 0.453 e. The Morgan fingerprint density at radius 1 is 0.771 bits per heavy atom. The molecule has 3 aromatic carbocycles. The molecule has 5 rings (SSSR count). The van der Waals surface area contributed by atoms with Crippen molar-refractivity contribution in [1.29, 1.82) is 0 Å². The zero-order valence-corrected chi connectivity index (χ0v) is 42.0. The van der Waals surface area contributed by atoms with Crippen molar-refractivity contribution in [2.45, 2.75) is 111 Å². The summed E-state index contributed by atoms with van der Waals surface area (Å²) in [6.45, 7) is 12.6. The lowest BCUT2D eigenvalue weighted by molar-refractivity contribution is -0.192. The third kappa shape index (κ3) is 15.3. The monoisotopic (exact) mass is 986 g/mol. The van der Waals surface area contributed by atoms with Crippen LogP contribution in [0.3, 0.4) is 0 Å². The van der Waals surface area contributed by atoms with Crippen LogP contribution in [0, 0.1) is 10.8 Å². The van der Waals surface area contributed by atoms with Crippen LogP contribution in [0.4, 0.5) is 14.4 Å². The molecule has 70 heavy (non-hydrogen) atoms. The summed E-state index contributed by atoms with van der Waals surface area (Å²) in [5.41, 5.74) is 1.99. The minimum Gasteiger partial charge on any atom is -0.453 e. The first-order valence-corrected chi connectivity index (χ1v) is 24.7. The van der Waals surface area contributed by atoms with Crippen LogP contribution in [0.2, 0.25) is 0 Å². The first-order chi connectivity index (χ1) is 33.0. The van der Waals surface area contributed by atoms with Crippen LogP contribution in [0.15, 0.2) is 109 Å². The number of amides is 5. The Kier molecular flexibility index (Phi) is 18.7. The van der Waals surface area contributed by atoms with Gasteiger partial charge < -0.3 is 45.2 Å². The number of rotatable bonds is 22. The molecule has 18 nitrogen and oxygen atoms in total. The van der Waals surface area contributed by atoms with E-state index in [1.165, 1.54) is 18.9 Å². The molecule has 0 bridgehead atoms. The summed E-state index contributed by atoms with van der Waals surface area (Å²) in [7, 11) is -4.04. The molecular formula is C51H67N6O12P. The predicted molar refractivity (Wildman–Crippen MR) is 262 cm³/mol. The molecule has 1 saturated heterocycles. The minimum absolute atomic E-state index is 0.118. The molecule has 19 heteroatoms. The number of phosphoric ester groups is 1. The topological polar surface area (TPSA) is 235 Å². The second-order valence-electron chi connectivity index (χ2n) is 19.4. The number of ether oxygens (including phenoxy) is 2. The molecule has 5 N–H and O–H groups in total. The number of nitrogens with zero attached hydrogens (tertiary/aromatic N) is 3. The van der Waals surface area contributed by atoms with Crippen LogP contribution in [0.1, 0.15) is 78.0 Å². The second-order valence-corrected chi connectivity index (χ2v) is 20.7. The van der Waals surface area contributed by atoms with Gasteiger partial charge in [0.25, 0.3) is 0 Å². The fourth-order valence-electron chi connectivity index (χ4n) is 8.53. The van der Waals surface area contributed by atoms with E-state index in [-0.39, 0.29) is 38.4 Å². The van der Waals surface area contributed by atoms with Crippen LogP contribution in [0.25, 0.3) is 11.3 Å². The molecule has 0 saturated carbocycles. The van der Waals surface area contributed by atoms with E-state index in [0.717, 1.165) is 22.4 Å². The van der Waals surface area contributed by atoms with E-state index in [1.54, 1.807) is 89.0 Å². The van der Waals surface area contributed by atoms with Crippen LogP contribution in [-0.2, 0) is 52.1 Å². The number of carboxylic acid groups (broad SMARTS) is 1. The minimum atomic E-state index is -5.21. The first kappa shape index (κ1) is 54.6. The average Bonchev–Trinajstić information content (AvgIpc) is 3.64. The van der Waals surface area contributed by atoms with Crippen molar-refractivity contribution < 1.29 is 57.1 Å². The van der Waals surface area contributed by atoms with Gasteiger partial charge in [-0.05, 0) is 65.8 Å². The van der Waals surface area contributed by atoms with Gasteiger partial charge in [0, 0.05) is 43.9 Å². The quantitative estimate of drug-likeness (QED) is 0.0286. The Morgan fingerprint density at radius 2 is 1.39 bits per heavy atom. The fraction of sp³-hybridized carbons (Fsp3) is 0.451. The van der Waals surface area contributed by atoms with Gasteiger partial charge in [-0.1, -0.05) is 133 Å². The summed E-state index contributed by atoms with van der Waals surface area (Å²) in [6, 6.07) is 25.9. The maximum absolute atomic E-state index is 15.1. The summed E-state index contributed by atoms with van der Waals surface area (Å²) < 4.78 is 35.5. The summed E-state index contributed by atoms with van der Waals surface area (Å²) in [5.74, 6) is -4.03. The number of benzene rings is 3. The lowest BCUT2D eigenvalue weighted by atomic mass is 9.84. The largest absolute Gasteiger partial charge is 0.508 e. The van der Waals surface area contributed by atoms with E-state index in [1.807, 2.05) is 66.7 Å². The molecule has 4 aromatic rings. The van der Waals surface area contributed by atoms with Crippen molar-refractivity contribution in [3.05, 3.63) is 126 Å². The summed E-state index contributed by atoms with van der Waals surface area (Å²) in [4.78, 5) is 87.9. The Labute approximate surface area is 410 Å². The Hall–Kier alpha value is -6.33. The number of phosphoric acid groups is 1. The van der Waals surface area contributed by atoms with Gasteiger partial charge in [0.05, 0.1) is 25.5 Å². The standard InChI is InChI=1S/C51H67N6O12P/c1-9-67-70(64,65)69-51(68-48(62)63,28-27-39(53-44(58)42(49(2,3)4)55-46(60)66-8)32-36-23-25-38(26-24-36)40-22-16-17-29-52-40)41(33-35-18-12-10-13-19-35)54-45(59)43(50(5,6)7)57-31-30-56(47(57)61)34-37-20-14-11-15-21-37/h10-26,29,39,41-43H,9,27-28,30-34H2,1-8H3,(H,53,58)(H,54,59)(H,55,60)(H,62,63)(H,64,65)/t39-,41-,42+,43+,51-/m0/s1. The van der Waals surface area contributed by atoms with Gasteiger partial charge in [-0.15, -0.1) is 0 Å². The predicted octanol–water partition coefficient (Wildman–Crippen LogP) is 7.95. The maximum Gasteiger partial charge on any atom is 0.508 e. The van der Waals surface area contributed by atoms with E-state index in [0.29, 0.717) is 18.7 Å². The second kappa shape index (κ2) is 24.0. The van der Waals surface area contributed by atoms with E-state index < -0.39 is 79.1 Å². The first-order valence-electron chi connectivity index (χ1n) is 23.2. The van der Waals surface area contributed by atoms with Crippen LogP contribution in [0.5, 0.6) is 0 Å². The third-order valence-corrected chi connectivity index (χ3v) is 13.0. The van der Waals surface area contributed by atoms with Gasteiger partial charge in [0.2, 0.25) is 17.6 Å². The van der Waals surface area contributed by atoms with Gasteiger partial charge >= 0.3 is 26.1 Å². The normalized spacial score (nSPS) is 16.4. The van der Waals surface area contributed by atoms with E-state index in [9.17, 15) is 33.7 Å². The number of hydrogen-bond donors (Lipinski definition) is 5. The summed E-state index contributed by atoms with van der Waals surface area (Å²) in [5, 5.41) is 19.1. The van der Waals surface area contributed by atoms with Crippen molar-refractivity contribution >= 4 is 37.9 Å². The molecule has 1 aromatic heterocycles. The molecule has 1 aliphatic rings. The lowest BCUT2D eigenvalue weighted by Gasteiger charge is -2.42. The number of alkyl carbamates (subject to hydrolysis) is 1. The number of urea groups is 1.